The summed E-state index contributed by atoms with van der Waals surface area (Å²) in [5, 5.41) is 0.857. The van der Waals surface area contributed by atoms with Gasteiger partial charge in [-0.25, -0.2) is 4.79 Å². The standard InChI is InChI=1S/C18H15NO4/c1-22-15-10-6-9-13-14(18(21)23-2)11-19(17(20)16(13)15)12-7-4-3-5-8-12/h3-11H,1-2H3. The van der Waals surface area contributed by atoms with Crippen molar-refractivity contribution in [3.05, 3.63) is 70.6 Å². The quantitative estimate of drug-likeness (QED) is 0.698. The third kappa shape index (κ3) is 2.46. The molecule has 1 aromatic heterocycles. The van der Waals surface area contributed by atoms with E-state index in [-0.39, 0.29) is 5.56 Å². The summed E-state index contributed by atoms with van der Waals surface area (Å²) in [6.07, 6.45) is 1.51. The van der Waals surface area contributed by atoms with E-state index in [0.29, 0.717) is 27.8 Å². The maximum absolute atomic E-state index is 12.9. The molecule has 3 rings (SSSR count). The molecule has 0 aliphatic heterocycles. The Bertz CT molecular complexity index is 929. The van der Waals surface area contributed by atoms with E-state index in [1.165, 1.54) is 25.0 Å². The van der Waals surface area contributed by atoms with Crippen LogP contribution >= 0.6 is 0 Å². The molecule has 3 aromatic rings. The van der Waals surface area contributed by atoms with Crippen molar-refractivity contribution in [3.8, 4) is 11.4 Å². The van der Waals surface area contributed by atoms with Gasteiger partial charge in [0.1, 0.15) is 5.75 Å². The topological polar surface area (TPSA) is 57.5 Å². The third-order valence-electron chi connectivity index (χ3n) is 3.67. The van der Waals surface area contributed by atoms with Crippen LogP contribution in [0.5, 0.6) is 5.75 Å². The number of carbonyl (C=O) groups is 1. The van der Waals surface area contributed by atoms with Crippen molar-refractivity contribution >= 4 is 16.7 Å². The Morgan fingerprint density at radius 3 is 2.39 bits per heavy atom. The van der Waals surface area contributed by atoms with E-state index in [4.69, 9.17) is 9.47 Å². The van der Waals surface area contributed by atoms with Crippen LogP contribution in [0.2, 0.25) is 0 Å². The van der Waals surface area contributed by atoms with Gasteiger partial charge in [0.2, 0.25) is 0 Å². The minimum atomic E-state index is -0.507. The van der Waals surface area contributed by atoms with Gasteiger partial charge in [0.25, 0.3) is 5.56 Å². The van der Waals surface area contributed by atoms with Crippen molar-refractivity contribution in [2.75, 3.05) is 14.2 Å². The number of esters is 1. The molecule has 0 aliphatic carbocycles. The molecular formula is C18H15NO4. The van der Waals surface area contributed by atoms with E-state index >= 15 is 0 Å². The van der Waals surface area contributed by atoms with Crippen molar-refractivity contribution in [1.82, 2.24) is 4.57 Å². The number of aromatic nitrogens is 1. The Labute approximate surface area is 132 Å². The Balaban J connectivity index is 2.46. The largest absolute Gasteiger partial charge is 0.496 e. The number of hydrogen-bond donors (Lipinski definition) is 0. The molecule has 0 bridgehead atoms. The highest BCUT2D eigenvalue weighted by Crippen LogP contribution is 2.26. The maximum Gasteiger partial charge on any atom is 0.340 e. The van der Waals surface area contributed by atoms with Crippen molar-refractivity contribution in [3.63, 3.8) is 0 Å². The van der Waals surface area contributed by atoms with Gasteiger partial charge in [-0.3, -0.25) is 9.36 Å². The van der Waals surface area contributed by atoms with Gasteiger partial charge in [0.05, 0.1) is 25.2 Å². The molecule has 0 radical (unpaired) electrons. The lowest BCUT2D eigenvalue weighted by Crippen LogP contribution is -2.21. The first-order chi connectivity index (χ1) is 11.2. The maximum atomic E-state index is 12.9. The fraction of sp³-hybridized carbons (Fsp3) is 0.111. The number of hydrogen-bond acceptors (Lipinski definition) is 4. The molecule has 0 atom stereocenters. The zero-order valence-electron chi connectivity index (χ0n) is 12.8. The third-order valence-corrected chi connectivity index (χ3v) is 3.67. The molecule has 5 heteroatoms. The minimum Gasteiger partial charge on any atom is -0.496 e. The van der Waals surface area contributed by atoms with Gasteiger partial charge in [-0.05, 0) is 18.2 Å². The number of carbonyl (C=O) groups excluding carboxylic acids is 1. The average molecular weight is 309 g/mol. The van der Waals surface area contributed by atoms with Gasteiger partial charge in [0.15, 0.2) is 0 Å². The van der Waals surface area contributed by atoms with E-state index < -0.39 is 5.97 Å². The molecule has 0 fully saturated rings. The van der Waals surface area contributed by atoms with Crippen LogP contribution in [0, 0.1) is 0 Å². The predicted octanol–water partition coefficient (Wildman–Crippen LogP) is 2.79. The molecule has 0 spiro atoms. The number of fused-ring (bicyclic) bond motifs is 1. The van der Waals surface area contributed by atoms with Gasteiger partial charge >= 0.3 is 5.97 Å². The molecular weight excluding hydrogens is 294 g/mol. The molecule has 0 saturated heterocycles. The highest BCUT2D eigenvalue weighted by molar-refractivity contribution is 6.05. The van der Waals surface area contributed by atoms with E-state index in [1.54, 1.807) is 30.3 Å². The van der Waals surface area contributed by atoms with Crippen molar-refractivity contribution in [2.45, 2.75) is 0 Å². The van der Waals surface area contributed by atoms with Crippen LogP contribution in [-0.2, 0) is 4.74 Å². The summed E-state index contributed by atoms with van der Waals surface area (Å²) in [7, 11) is 2.80. The molecule has 0 amide bonds. The van der Waals surface area contributed by atoms with Crippen LogP contribution < -0.4 is 10.3 Å². The molecule has 2 aromatic carbocycles. The monoisotopic (exact) mass is 309 g/mol. The van der Waals surface area contributed by atoms with Crippen molar-refractivity contribution in [2.24, 2.45) is 0 Å². The molecule has 116 valence electrons. The van der Waals surface area contributed by atoms with Crippen LogP contribution in [0.3, 0.4) is 0 Å². The summed E-state index contributed by atoms with van der Waals surface area (Å²) in [5.74, 6) is -0.0872. The first-order valence-electron chi connectivity index (χ1n) is 7.03. The lowest BCUT2D eigenvalue weighted by atomic mass is 10.1. The summed E-state index contributed by atoms with van der Waals surface area (Å²) in [5.41, 5.74) is 0.719. The number of para-hydroxylation sites is 1. The SMILES string of the molecule is COC(=O)c1cn(-c2ccccc2)c(=O)c2c(OC)cccc12. The van der Waals surface area contributed by atoms with Gasteiger partial charge in [0, 0.05) is 17.3 Å². The first-order valence-corrected chi connectivity index (χ1v) is 7.03. The van der Waals surface area contributed by atoms with Crippen LogP contribution in [-0.4, -0.2) is 24.8 Å². The van der Waals surface area contributed by atoms with Gasteiger partial charge < -0.3 is 9.47 Å². The first kappa shape index (κ1) is 14.8. The van der Waals surface area contributed by atoms with Crippen LogP contribution in [0.15, 0.2) is 59.5 Å². The van der Waals surface area contributed by atoms with E-state index in [1.807, 2.05) is 18.2 Å². The smallest absolute Gasteiger partial charge is 0.340 e. The van der Waals surface area contributed by atoms with E-state index in [2.05, 4.69) is 0 Å². The number of ether oxygens (including phenoxy) is 2. The molecule has 0 N–H and O–H groups in total. The highest BCUT2D eigenvalue weighted by Gasteiger charge is 2.18. The lowest BCUT2D eigenvalue weighted by Gasteiger charge is -2.13. The summed E-state index contributed by atoms with van der Waals surface area (Å²) in [6, 6.07) is 14.2. The fourth-order valence-corrected chi connectivity index (χ4v) is 2.58. The van der Waals surface area contributed by atoms with Crippen LogP contribution in [0.25, 0.3) is 16.5 Å². The molecule has 23 heavy (non-hydrogen) atoms. The van der Waals surface area contributed by atoms with Gasteiger partial charge in [-0.15, -0.1) is 0 Å². The van der Waals surface area contributed by atoms with Crippen molar-refractivity contribution in [1.29, 1.82) is 0 Å². The summed E-state index contributed by atoms with van der Waals surface area (Å²) in [4.78, 5) is 25.0. The number of methoxy groups -OCH3 is 2. The van der Waals surface area contributed by atoms with E-state index in [9.17, 15) is 9.59 Å². The predicted molar refractivity (Wildman–Crippen MR) is 87.4 cm³/mol. The highest BCUT2D eigenvalue weighted by atomic mass is 16.5. The van der Waals surface area contributed by atoms with E-state index in [0.717, 1.165) is 0 Å². The second-order valence-corrected chi connectivity index (χ2v) is 4.93. The second kappa shape index (κ2) is 5.96. The lowest BCUT2D eigenvalue weighted by molar-refractivity contribution is 0.0602. The summed E-state index contributed by atoms with van der Waals surface area (Å²) >= 11 is 0. The summed E-state index contributed by atoms with van der Waals surface area (Å²) < 4.78 is 11.6. The molecule has 0 unspecified atom stereocenters. The fourth-order valence-electron chi connectivity index (χ4n) is 2.58. The molecule has 1 heterocycles. The Morgan fingerprint density at radius 1 is 1.00 bits per heavy atom. The number of rotatable bonds is 3. The Morgan fingerprint density at radius 2 is 1.74 bits per heavy atom. The normalized spacial score (nSPS) is 10.5. The number of benzene rings is 2. The van der Waals surface area contributed by atoms with Crippen molar-refractivity contribution < 1.29 is 14.3 Å². The zero-order chi connectivity index (χ0) is 16.4. The molecule has 0 aliphatic rings. The zero-order valence-corrected chi connectivity index (χ0v) is 12.8. The molecule has 5 nitrogen and oxygen atoms in total. The van der Waals surface area contributed by atoms with Crippen LogP contribution in [0.1, 0.15) is 10.4 Å². The number of nitrogens with zero attached hydrogens (tertiary/aromatic N) is 1. The average Bonchev–Trinajstić information content (AvgIpc) is 2.61. The van der Waals surface area contributed by atoms with Gasteiger partial charge in [-0.2, -0.15) is 0 Å². The molecule has 0 saturated carbocycles. The second-order valence-electron chi connectivity index (χ2n) is 4.93. The van der Waals surface area contributed by atoms with Crippen LogP contribution in [0.4, 0.5) is 0 Å². The number of pyridine rings is 1. The van der Waals surface area contributed by atoms with Gasteiger partial charge in [-0.1, -0.05) is 30.3 Å². The Kier molecular flexibility index (Phi) is 3.85. The Hall–Kier alpha value is -3.08. The minimum absolute atomic E-state index is 0.253. The summed E-state index contributed by atoms with van der Waals surface area (Å²) in [6.45, 7) is 0.